The van der Waals surface area contributed by atoms with Gasteiger partial charge in [-0.25, -0.2) is 4.68 Å². The Morgan fingerprint density at radius 3 is 2.38 bits per heavy atom. The second kappa shape index (κ2) is 8.81. The highest BCUT2D eigenvalue weighted by Crippen LogP contribution is 2.60. The van der Waals surface area contributed by atoms with Crippen molar-refractivity contribution in [2.45, 2.75) is 29.3 Å². The molecule has 0 spiro atoms. The fourth-order valence-corrected chi connectivity index (χ4v) is 6.33. The first-order chi connectivity index (χ1) is 16.1. The molecule has 1 aliphatic carbocycles. The number of rotatable bonds is 5. The number of halogens is 6. The zero-order valence-corrected chi connectivity index (χ0v) is 22.1. The summed E-state index contributed by atoms with van der Waals surface area (Å²) in [6.07, 6.45) is -2.42. The van der Waals surface area contributed by atoms with Crippen molar-refractivity contribution in [3.8, 4) is 27.6 Å². The van der Waals surface area contributed by atoms with Crippen LogP contribution in [0, 0.1) is 0 Å². The van der Waals surface area contributed by atoms with Gasteiger partial charge in [-0.05, 0) is 49.4 Å². The lowest BCUT2D eigenvalue weighted by molar-refractivity contribution is -0.160. The highest BCUT2D eigenvalue weighted by Gasteiger charge is 2.66. The molecular weight excluding hydrogens is 592 g/mol. The van der Waals surface area contributed by atoms with Crippen molar-refractivity contribution in [3.05, 3.63) is 62.0 Å². The molecule has 2 aromatic heterocycles. The van der Waals surface area contributed by atoms with Crippen LogP contribution in [0.15, 0.2) is 51.8 Å². The summed E-state index contributed by atoms with van der Waals surface area (Å²) < 4.78 is 43.5. The quantitative estimate of drug-likeness (QED) is 0.214. The molecule has 5 rings (SSSR count). The average molecular weight is 606 g/mol. The Hall–Kier alpha value is -1.59. The zero-order chi connectivity index (χ0) is 24.3. The Kier molecular flexibility index (Phi) is 6.25. The summed E-state index contributed by atoms with van der Waals surface area (Å²) in [4.78, 5) is 0.757. The zero-order valence-electron chi connectivity index (χ0n) is 17.3. The van der Waals surface area contributed by atoms with E-state index in [0.717, 1.165) is 32.0 Å². The van der Waals surface area contributed by atoms with Crippen LogP contribution in [0.3, 0.4) is 0 Å². The maximum absolute atomic E-state index is 13.6. The van der Waals surface area contributed by atoms with E-state index in [1.54, 1.807) is 22.9 Å². The van der Waals surface area contributed by atoms with Gasteiger partial charge in [0, 0.05) is 15.1 Å². The lowest BCUT2D eigenvalue weighted by Crippen LogP contribution is -2.28. The second-order valence-electron chi connectivity index (χ2n) is 7.74. The van der Waals surface area contributed by atoms with Gasteiger partial charge in [0.2, 0.25) is 0 Å². The highest BCUT2D eigenvalue weighted by molar-refractivity contribution is 9.10. The molecule has 1 aliphatic rings. The lowest BCUT2D eigenvalue weighted by Gasteiger charge is -2.15. The minimum absolute atomic E-state index is 0.0219. The molecule has 176 valence electrons. The number of nitrogens with zero attached hydrogens (tertiary/aromatic N) is 4. The molecule has 34 heavy (non-hydrogen) atoms. The molecule has 4 nitrogen and oxygen atoms in total. The first kappa shape index (κ1) is 24.1. The first-order valence-electron chi connectivity index (χ1n) is 9.94. The summed E-state index contributed by atoms with van der Waals surface area (Å²) in [5.74, 6) is 0. The first-order valence-corrected chi connectivity index (χ1v) is 13.5. The minimum atomic E-state index is -4.36. The van der Waals surface area contributed by atoms with Crippen molar-refractivity contribution in [2.75, 3.05) is 6.26 Å². The summed E-state index contributed by atoms with van der Waals surface area (Å²) >= 11 is 18.4. The van der Waals surface area contributed by atoms with Crippen molar-refractivity contribution < 1.29 is 13.2 Å². The molecular formula is C22H14BrCl2F3N4S2. The Morgan fingerprint density at radius 1 is 1.09 bits per heavy atom. The van der Waals surface area contributed by atoms with Crippen LogP contribution < -0.4 is 0 Å². The van der Waals surface area contributed by atoms with Gasteiger partial charge in [-0.15, -0.1) is 22.0 Å². The molecule has 0 saturated heterocycles. The third kappa shape index (κ3) is 4.07. The predicted octanol–water partition coefficient (Wildman–Crippen LogP) is 8.44. The number of alkyl halides is 3. The molecule has 0 amide bonds. The van der Waals surface area contributed by atoms with Crippen LogP contribution in [-0.4, -0.2) is 32.4 Å². The van der Waals surface area contributed by atoms with Gasteiger partial charge in [-0.1, -0.05) is 62.6 Å². The van der Waals surface area contributed by atoms with Gasteiger partial charge >= 0.3 is 6.18 Å². The van der Waals surface area contributed by atoms with Crippen LogP contribution in [0.5, 0.6) is 0 Å². The summed E-state index contributed by atoms with van der Waals surface area (Å²) in [6.45, 7) is 0. The fraction of sp³-hybridized carbons (Fsp3) is 0.227. The SMILES string of the molecule is CSc1c(-c2nnc(C3(C(F)(F)F)CC3)s2)nn(-c2ccc(Cl)cc2Cl)c1-c1ccc(Br)cc1. The number of hydrogen-bond acceptors (Lipinski definition) is 5. The number of thioether (sulfide) groups is 1. The maximum Gasteiger partial charge on any atom is 0.400 e. The van der Waals surface area contributed by atoms with E-state index in [-0.39, 0.29) is 17.8 Å². The third-order valence-corrected chi connectivity index (χ3v) is 8.63. The minimum Gasteiger partial charge on any atom is -0.230 e. The van der Waals surface area contributed by atoms with Crippen LogP contribution in [0.25, 0.3) is 27.6 Å². The van der Waals surface area contributed by atoms with E-state index in [9.17, 15) is 13.2 Å². The van der Waals surface area contributed by atoms with Gasteiger partial charge in [0.15, 0.2) is 5.01 Å². The summed E-state index contributed by atoms with van der Waals surface area (Å²) in [6, 6.07) is 12.7. The number of benzene rings is 2. The molecule has 2 aromatic carbocycles. The Morgan fingerprint density at radius 2 is 1.79 bits per heavy atom. The Labute approximate surface area is 219 Å². The van der Waals surface area contributed by atoms with Gasteiger partial charge in [0.25, 0.3) is 0 Å². The standard InChI is InChI=1S/C22H14BrCl2F3N4S2/c1-33-18-16(19-29-30-20(34-19)21(8-9-21)22(26,27)28)31-32(15-7-6-13(24)10-14(15)25)17(18)11-2-4-12(23)5-3-11/h2-7,10H,8-9H2,1H3. The molecule has 0 radical (unpaired) electrons. The Bertz CT molecular complexity index is 1380. The van der Waals surface area contributed by atoms with Gasteiger partial charge < -0.3 is 0 Å². The summed E-state index contributed by atoms with van der Waals surface area (Å²) in [5.41, 5.74) is 0.755. The van der Waals surface area contributed by atoms with Gasteiger partial charge in [-0.2, -0.15) is 18.3 Å². The van der Waals surface area contributed by atoms with Crippen LogP contribution in [0.1, 0.15) is 17.8 Å². The largest absolute Gasteiger partial charge is 0.400 e. The molecule has 0 bridgehead atoms. The molecule has 2 heterocycles. The van der Waals surface area contributed by atoms with E-state index in [2.05, 4.69) is 26.1 Å². The van der Waals surface area contributed by atoms with Gasteiger partial charge in [-0.3, -0.25) is 0 Å². The molecule has 0 N–H and O–H groups in total. The van der Waals surface area contributed by atoms with E-state index in [1.807, 2.05) is 30.5 Å². The van der Waals surface area contributed by atoms with Crippen LogP contribution >= 0.6 is 62.2 Å². The topological polar surface area (TPSA) is 43.6 Å². The summed E-state index contributed by atoms with van der Waals surface area (Å²) in [5, 5.41) is 14.0. The van der Waals surface area contributed by atoms with Crippen LogP contribution in [0.2, 0.25) is 10.0 Å². The van der Waals surface area contributed by atoms with E-state index < -0.39 is 11.6 Å². The van der Waals surface area contributed by atoms with E-state index in [0.29, 0.717) is 26.4 Å². The smallest absolute Gasteiger partial charge is 0.230 e. The molecule has 0 atom stereocenters. The Balaban J connectivity index is 1.71. The molecule has 1 fully saturated rings. The number of aromatic nitrogens is 4. The highest BCUT2D eigenvalue weighted by atomic mass is 79.9. The molecule has 0 unspecified atom stereocenters. The van der Waals surface area contributed by atoms with Crippen LogP contribution in [-0.2, 0) is 5.41 Å². The van der Waals surface area contributed by atoms with Crippen molar-refractivity contribution in [2.24, 2.45) is 0 Å². The third-order valence-electron chi connectivity index (χ3n) is 5.63. The van der Waals surface area contributed by atoms with E-state index in [4.69, 9.17) is 28.3 Å². The van der Waals surface area contributed by atoms with E-state index >= 15 is 0 Å². The van der Waals surface area contributed by atoms with Crippen molar-refractivity contribution in [1.29, 1.82) is 0 Å². The lowest BCUT2D eigenvalue weighted by atomic mass is 10.1. The predicted molar refractivity (Wildman–Crippen MR) is 134 cm³/mol. The van der Waals surface area contributed by atoms with Gasteiger partial charge in [0.1, 0.15) is 16.1 Å². The second-order valence-corrected chi connectivity index (χ2v) is 11.3. The molecule has 0 aliphatic heterocycles. The number of hydrogen-bond donors (Lipinski definition) is 0. The normalized spacial score (nSPS) is 15.0. The molecule has 1 saturated carbocycles. The average Bonchev–Trinajstić information content (AvgIpc) is 3.32. The van der Waals surface area contributed by atoms with Crippen molar-refractivity contribution in [1.82, 2.24) is 20.0 Å². The molecule has 12 heteroatoms. The van der Waals surface area contributed by atoms with Crippen molar-refractivity contribution in [3.63, 3.8) is 0 Å². The van der Waals surface area contributed by atoms with Crippen molar-refractivity contribution >= 4 is 62.2 Å². The summed E-state index contributed by atoms with van der Waals surface area (Å²) in [7, 11) is 0. The van der Waals surface area contributed by atoms with Gasteiger partial charge in [0.05, 0.1) is 21.3 Å². The van der Waals surface area contributed by atoms with Crippen LogP contribution in [0.4, 0.5) is 13.2 Å². The monoisotopic (exact) mass is 604 g/mol. The fourth-order valence-electron chi connectivity index (χ4n) is 3.68. The van der Waals surface area contributed by atoms with E-state index in [1.165, 1.54) is 11.8 Å². The molecule has 4 aromatic rings. The maximum atomic E-state index is 13.6.